The van der Waals surface area contributed by atoms with Crippen LogP contribution < -0.4 is 27.5 Å². The number of hydrogen-bond donors (Lipinski definition) is 3. The van der Waals surface area contributed by atoms with Gasteiger partial charge in [-0.05, 0) is 41.5 Å². The third-order valence-corrected chi connectivity index (χ3v) is 6.07. The molecule has 0 bridgehead atoms. The highest BCUT2D eigenvalue weighted by Crippen LogP contribution is 2.31. The average Bonchev–Trinajstić information content (AvgIpc) is 2.91. The van der Waals surface area contributed by atoms with Gasteiger partial charge >= 0.3 is 0 Å². The zero-order chi connectivity index (χ0) is 27.1. The van der Waals surface area contributed by atoms with Crippen molar-refractivity contribution in [1.82, 2.24) is 19.9 Å². The molecule has 9 nitrogen and oxygen atoms in total. The Kier molecular flexibility index (Phi) is 8.75. The first-order valence-electron chi connectivity index (χ1n) is 11.6. The normalized spacial score (nSPS) is 12.1. The number of benzene rings is 2. The Balaban J connectivity index is 1.69. The Morgan fingerprint density at radius 2 is 1.82 bits per heavy atom. The standard InChI is InChI=1S/C27H25Cl2N7O2/c28-20-6-7-23(36(31)16-25(29)30)21(13-20)22-14-26(37)35(17-34-22)24(12-18-4-2-1-3-5-18)27(38)33-15-19-8-10-32-11-9-19/h1-11,13-14,16-17,24H,12,15,30-31H2,(H,33,38)/b25-16-. The molecule has 1 unspecified atom stereocenters. The molecule has 4 rings (SSSR count). The minimum atomic E-state index is -0.836. The molecule has 194 valence electrons. The van der Waals surface area contributed by atoms with E-state index in [2.05, 4.69) is 15.3 Å². The number of nitrogens with zero attached hydrogens (tertiary/aromatic N) is 4. The van der Waals surface area contributed by atoms with Gasteiger partial charge in [0.2, 0.25) is 5.91 Å². The van der Waals surface area contributed by atoms with E-state index in [0.29, 0.717) is 34.9 Å². The van der Waals surface area contributed by atoms with Crippen LogP contribution in [0.1, 0.15) is 17.2 Å². The molecule has 38 heavy (non-hydrogen) atoms. The summed E-state index contributed by atoms with van der Waals surface area (Å²) in [7, 11) is 0. The van der Waals surface area contributed by atoms with Crippen molar-refractivity contribution in [2.75, 3.05) is 5.01 Å². The van der Waals surface area contributed by atoms with Crippen LogP contribution >= 0.6 is 23.2 Å². The topological polar surface area (TPSA) is 132 Å². The first-order valence-corrected chi connectivity index (χ1v) is 12.3. The summed E-state index contributed by atoms with van der Waals surface area (Å²) in [5.74, 6) is 5.77. The number of aromatic nitrogens is 3. The Bertz CT molecular complexity index is 1490. The highest BCUT2D eigenvalue weighted by Gasteiger charge is 2.23. The molecule has 0 spiro atoms. The number of amides is 1. The lowest BCUT2D eigenvalue weighted by Crippen LogP contribution is -2.38. The van der Waals surface area contributed by atoms with Crippen molar-refractivity contribution in [3.05, 3.63) is 123 Å². The molecule has 2 heterocycles. The van der Waals surface area contributed by atoms with Gasteiger partial charge in [0.1, 0.15) is 11.2 Å². The quantitative estimate of drug-likeness (QED) is 0.164. The molecule has 0 saturated carbocycles. The van der Waals surface area contributed by atoms with Crippen LogP contribution in [0.25, 0.3) is 11.3 Å². The van der Waals surface area contributed by atoms with Crippen LogP contribution in [0.2, 0.25) is 5.02 Å². The Morgan fingerprint density at radius 3 is 2.50 bits per heavy atom. The summed E-state index contributed by atoms with van der Waals surface area (Å²) in [6, 6.07) is 18.5. The molecule has 0 aliphatic heterocycles. The molecule has 2 aromatic heterocycles. The van der Waals surface area contributed by atoms with E-state index < -0.39 is 11.6 Å². The fourth-order valence-corrected chi connectivity index (χ4v) is 4.17. The molecule has 0 aliphatic carbocycles. The third kappa shape index (κ3) is 6.77. The maximum absolute atomic E-state index is 13.4. The predicted molar refractivity (Wildman–Crippen MR) is 149 cm³/mol. The average molecular weight is 550 g/mol. The van der Waals surface area contributed by atoms with E-state index in [1.165, 1.54) is 28.2 Å². The second-order valence-corrected chi connectivity index (χ2v) is 9.25. The second-order valence-electron chi connectivity index (χ2n) is 8.38. The molecule has 0 saturated heterocycles. The van der Waals surface area contributed by atoms with Crippen molar-refractivity contribution in [2.45, 2.75) is 19.0 Å². The van der Waals surface area contributed by atoms with Crippen LogP contribution in [0.5, 0.6) is 0 Å². The number of nitrogens with one attached hydrogen (secondary N) is 1. The summed E-state index contributed by atoms with van der Waals surface area (Å²) in [6.07, 6.45) is 6.27. The zero-order valence-electron chi connectivity index (χ0n) is 20.2. The molecule has 11 heteroatoms. The second kappa shape index (κ2) is 12.4. The van der Waals surface area contributed by atoms with Crippen molar-refractivity contribution in [3.63, 3.8) is 0 Å². The lowest BCUT2D eigenvalue weighted by molar-refractivity contribution is -0.124. The minimum Gasteiger partial charge on any atom is -0.388 e. The Morgan fingerprint density at radius 1 is 1.08 bits per heavy atom. The van der Waals surface area contributed by atoms with Gasteiger partial charge in [-0.25, -0.2) is 10.8 Å². The first kappa shape index (κ1) is 26.9. The summed E-state index contributed by atoms with van der Waals surface area (Å²) >= 11 is 12.0. The Hall–Kier alpha value is -4.18. The van der Waals surface area contributed by atoms with Gasteiger partial charge in [0.05, 0.1) is 23.9 Å². The van der Waals surface area contributed by atoms with Gasteiger partial charge in [-0.3, -0.25) is 24.1 Å². The van der Waals surface area contributed by atoms with Crippen LogP contribution in [-0.4, -0.2) is 20.4 Å². The lowest BCUT2D eigenvalue weighted by atomic mass is 10.0. The van der Waals surface area contributed by atoms with E-state index in [4.69, 9.17) is 34.8 Å². The van der Waals surface area contributed by atoms with Crippen LogP contribution in [0.3, 0.4) is 0 Å². The third-order valence-electron chi connectivity index (χ3n) is 5.74. The van der Waals surface area contributed by atoms with Crippen LogP contribution in [-0.2, 0) is 17.8 Å². The van der Waals surface area contributed by atoms with E-state index in [1.54, 1.807) is 30.6 Å². The summed E-state index contributed by atoms with van der Waals surface area (Å²) in [4.78, 5) is 35.2. The predicted octanol–water partition coefficient (Wildman–Crippen LogP) is 3.74. The molecule has 1 amide bonds. The molecule has 0 aliphatic rings. The van der Waals surface area contributed by atoms with Gasteiger partial charge in [-0.2, -0.15) is 0 Å². The first-order chi connectivity index (χ1) is 18.3. The maximum atomic E-state index is 13.4. The van der Waals surface area contributed by atoms with E-state index in [9.17, 15) is 9.59 Å². The van der Waals surface area contributed by atoms with Gasteiger partial charge < -0.3 is 11.1 Å². The van der Waals surface area contributed by atoms with Gasteiger partial charge in [0.25, 0.3) is 5.56 Å². The number of pyridine rings is 1. The van der Waals surface area contributed by atoms with E-state index >= 15 is 0 Å². The zero-order valence-corrected chi connectivity index (χ0v) is 21.7. The number of anilines is 1. The molecule has 5 N–H and O–H groups in total. The van der Waals surface area contributed by atoms with Crippen molar-refractivity contribution in [1.29, 1.82) is 0 Å². The molecular formula is C27H25Cl2N7O2. The van der Waals surface area contributed by atoms with Crippen molar-refractivity contribution < 1.29 is 4.79 Å². The van der Waals surface area contributed by atoms with Gasteiger partial charge in [0.15, 0.2) is 0 Å². The molecule has 0 fully saturated rings. The number of carbonyl (C=O) groups excluding carboxylic acids is 1. The number of carbonyl (C=O) groups is 1. The lowest BCUT2D eigenvalue weighted by Gasteiger charge is -2.21. The van der Waals surface area contributed by atoms with Crippen LogP contribution in [0.4, 0.5) is 5.69 Å². The SMILES string of the molecule is N/C(Cl)=C\N(N)c1ccc(Cl)cc1-c1cc(=O)n(C(Cc2ccccc2)C(=O)NCc2ccncc2)cn1. The number of hydrazine groups is 1. The summed E-state index contributed by atoms with van der Waals surface area (Å²) in [6.45, 7) is 0.294. The highest BCUT2D eigenvalue weighted by atomic mass is 35.5. The van der Waals surface area contributed by atoms with Crippen molar-refractivity contribution >= 4 is 34.8 Å². The molecule has 1 atom stereocenters. The summed E-state index contributed by atoms with van der Waals surface area (Å²) < 4.78 is 1.32. The van der Waals surface area contributed by atoms with Gasteiger partial charge in [-0.1, -0.05) is 53.5 Å². The molecule has 2 aromatic carbocycles. The molecule has 4 aromatic rings. The monoisotopic (exact) mass is 549 g/mol. The van der Waals surface area contributed by atoms with Crippen LogP contribution in [0.15, 0.2) is 102 Å². The molecule has 0 radical (unpaired) electrons. The van der Waals surface area contributed by atoms with E-state index in [1.807, 2.05) is 42.5 Å². The summed E-state index contributed by atoms with van der Waals surface area (Å²) in [5.41, 5.74) is 8.19. The molecular weight excluding hydrogens is 525 g/mol. The number of nitrogens with two attached hydrogens (primary N) is 2. The van der Waals surface area contributed by atoms with Gasteiger partial charge in [0, 0.05) is 42.0 Å². The van der Waals surface area contributed by atoms with Crippen LogP contribution in [0, 0.1) is 0 Å². The smallest absolute Gasteiger partial charge is 0.254 e. The highest BCUT2D eigenvalue weighted by molar-refractivity contribution is 6.31. The minimum absolute atomic E-state index is 0.0293. The van der Waals surface area contributed by atoms with Gasteiger partial charge in [-0.15, -0.1) is 0 Å². The Labute approximate surface area is 229 Å². The fraction of sp³-hybridized carbons (Fsp3) is 0.111. The largest absolute Gasteiger partial charge is 0.388 e. The number of halogens is 2. The van der Waals surface area contributed by atoms with E-state index in [0.717, 1.165) is 11.1 Å². The number of rotatable bonds is 9. The number of hydrogen-bond acceptors (Lipinski definition) is 7. The maximum Gasteiger partial charge on any atom is 0.254 e. The van der Waals surface area contributed by atoms with E-state index in [-0.39, 0.29) is 11.1 Å². The summed E-state index contributed by atoms with van der Waals surface area (Å²) in [5, 5.41) is 4.52. The van der Waals surface area contributed by atoms with Crippen molar-refractivity contribution in [2.24, 2.45) is 11.6 Å². The fourth-order valence-electron chi connectivity index (χ4n) is 3.89. The van der Waals surface area contributed by atoms with Crippen molar-refractivity contribution in [3.8, 4) is 11.3 Å².